The molecule has 0 saturated heterocycles. The van der Waals surface area contributed by atoms with E-state index in [1.165, 1.54) is 20.8 Å². The number of aliphatic hydroxyl groups excluding tert-OH is 3. The van der Waals surface area contributed by atoms with Crippen molar-refractivity contribution in [2.45, 2.75) is 26.7 Å². The van der Waals surface area contributed by atoms with Crippen LogP contribution >= 0.6 is 0 Å². The molecule has 0 heterocycles. The first-order chi connectivity index (χ1) is 13.4. The Balaban J connectivity index is 6.39. The van der Waals surface area contributed by atoms with Gasteiger partial charge in [-0.2, -0.15) is 0 Å². The molecular formula is C19H24O10. The van der Waals surface area contributed by atoms with Crippen LogP contribution in [0.3, 0.4) is 0 Å². The molecule has 0 rings (SSSR count). The topological polar surface area (TPSA) is 149 Å². The van der Waals surface area contributed by atoms with Gasteiger partial charge >= 0.3 is 23.9 Å². The van der Waals surface area contributed by atoms with E-state index < -0.39 is 49.1 Å². The lowest BCUT2D eigenvalue weighted by Gasteiger charge is -2.26. The molecule has 0 atom stereocenters. The van der Waals surface area contributed by atoms with Crippen molar-refractivity contribution in [3.8, 4) is 11.8 Å². The standard InChI is InChI=1S/C19H24O10/c1-12(2)15(23)26-19(27-16(24)13(3)4,29-28-17(25)14(5)6)8-7-18(9-20,10-21)11-22/h20-22H,1,3,5,9-11H2,2,4,6H3. The molecule has 0 fully saturated rings. The van der Waals surface area contributed by atoms with Gasteiger partial charge in [0.15, 0.2) is 0 Å². The Morgan fingerprint density at radius 1 is 0.759 bits per heavy atom. The Labute approximate surface area is 167 Å². The number of aliphatic hydroxyl groups is 3. The van der Waals surface area contributed by atoms with Crippen LogP contribution in [0.15, 0.2) is 36.5 Å². The van der Waals surface area contributed by atoms with Gasteiger partial charge in [0.2, 0.25) is 0 Å². The van der Waals surface area contributed by atoms with Crippen LogP contribution in [0.25, 0.3) is 0 Å². The second-order valence-electron chi connectivity index (χ2n) is 6.14. The van der Waals surface area contributed by atoms with E-state index in [0.717, 1.165) is 0 Å². The second-order valence-corrected chi connectivity index (χ2v) is 6.14. The van der Waals surface area contributed by atoms with Gasteiger partial charge in [0.05, 0.1) is 19.8 Å². The molecule has 0 aromatic rings. The number of rotatable bonds is 10. The number of ether oxygens (including phenoxy) is 2. The molecule has 0 radical (unpaired) electrons. The van der Waals surface area contributed by atoms with E-state index in [1.807, 2.05) is 0 Å². The van der Waals surface area contributed by atoms with Crippen molar-refractivity contribution in [1.29, 1.82) is 0 Å². The molecule has 160 valence electrons. The molecule has 0 saturated carbocycles. The fourth-order valence-corrected chi connectivity index (χ4v) is 1.19. The van der Waals surface area contributed by atoms with Gasteiger partial charge in [-0.05, 0) is 20.8 Å². The lowest BCUT2D eigenvalue weighted by atomic mass is 9.92. The van der Waals surface area contributed by atoms with Crippen LogP contribution in [-0.4, -0.2) is 59.0 Å². The predicted octanol–water partition coefficient (Wildman–Crippen LogP) is -0.104. The van der Waals surface area contributed by atoms with Crippen LogP contribution in [0.1, 0.15) is 20.8 Å². The summed E-state index contributed by atoms with van der Waals surface area (Å²) in [6.07, 6.45) is 0. The zero-order valence-electron chi connectivity index (χ0n) is 16.4. The van der Waals surface area contributed by atoms with Crippen molar-refractivity contribution in [1.82, 2.24) is 0 Å². The van der Waals surface area contributed by atoms with Crippen molar-refractivity contribution in [2.75, 3.05) is 19.8 Å². The smallest absolute Gasteiger partial charge is 0.395 e. The van der Waals surface area contributed by atoms with E-state index in [4.69, 9.17) is 14.4 Å². The summed E-state index contributed by atoms with van der Waals surface area (Å²) in [5.41, 5.74) is -2.22. The first kappa shape index (κ1) is 26.0. The Morgan fingerprint density at radius 3 is 1.45 bits per heavy atom. The zero-order chi connectivity index (χ0) is 22.8. The van der Waals surface area contributed by atoms with Gasteiger partial charge in [-0.1, -0.05) is 30.5 Å². The summed E-state index contributed by atoms with van der Waals surface area (Å²) in [6, 6.07) is 0. The molecule has 0 unspecified atom stereocenters. The second kappa shape index (κ2) is 11.1. The van der Waals surface area contributed by atoms with Gasteiger partial charge < -0.3 is 24.8 Å². The minimum atomic E-state index is -2.97. The summed E-state index contributed by atoms with van der Waals surface area (Å²) in [6.45, 7) is 11.4. The molecule has 10 heteroatoms. The monoisotopic (exact) mass is 412 g/mol. The highest BCUT2D eigenvalue weighted by molar-refractivity contribution is 5.89. The van der Waals surface area contributed by atoms with Gasteiger partial charge in [0.1, 0.15) is 5.41 Å². The number of carbonyl (C=O) groups is 3. The van der Waals surface area contributed by atoms with Crippen molar-refractivity contribution in [3.63, 3.8) is 0 Å². The quantitative estimate of drug-likeness (QED) is 0.111. The van der Waals surface area contributed by atoms with Crippen LogP contribution in [-0.2, 0) is 33.6 Å². The third kappa shape index (κ3) is 7.89. The SMILES string of the molecule is C=C(C)C(=O)OOC(C#CC(CO)(CO)CO)(OC(=O)C(=C)C)OC(=O)C(=C)C. The highest BCUT2D eigenvalue weighted by Crippen LogP contribution is 2.22. The Morgan fingerprint density at radius 2 is 1.14 bits per heavy atom. The van der Waals surface area contributed by atoms with Crippen LogP contribution in [0.4, 0.5) is 0 Å². The molecule has 0 spiro atoms. The number of esters is 2. The van der Waals surface area contributed by atoms with E-state index in [-0.39, 0.29) is 16.7 Å². The molecule has 0 aliphatic rings. The lowest BCUT2D eigenvalue weighted by molar-refractivity contribution is -0.435. The third-order valence-corrected chi connectivity index (χ3v) is 3.12. The molecule has 3 N–H and O–H groups in total. The summed E-state index contributed by atoms with van der Waals surface area (Å²) in [5, 5.41) is 28.2. The Hall–Kier alpha value is -2.97. The highest BCUT2D eigenvalue weighted by Gasteiger charge is 2.44. The summed E-state index contributed by atoms with van der Waals surface area (Å²) in [7, 11) is 0. The minimum Gasteiger partial charge on any atom is -0.395 e. The van der Waals surface area contributed by atoms with Crippen LogP contribution < -0.4 is 0 Å². The largest absolute Gasteiger partial charge is 0.484 e. The van der Waals surface area contributed by atoms with Gasteiger partial charge in [0.25, 0.3) is 0 Å². The molecule has 0 aliphatic carbocycles. The van der Waals surface area contributed by atoms with Gasteiger partial charge in [-0.15, -0.1) is 0 Å². The normalized spacial score (nSPS) is 10.8. The fraction of sp³-hybridized carbons (Fsp3) is 0.421. The fourth-order valence-electron chi connectivity index (χ4n) is 1.19. The molecule has 0 bridgehead atoms. The molecule has 0 aromatic carbocycles. The van der Waals surface area contributed by atoms with Crippen molar-refractivity contribution in [2.24, 2.45) is 5.41 Å². The lowest BCUT2D eigenvalue weighted by Crippen LogP contribution is -2.43. The van der Waals surface area contributed by atoms with E-state index in [9.17, 15) is 29.7 Å². The van der Waals surface area contributed by atoms with Gasteiger partial charge in [-0.25, -0.2) is 14.4 Å². The number of hydrogen-bond acceptors (Lipinski definition) is 10. The van der Waals surface area contributed by atoms with E-state index in [1.54, 1.807) is 0 Å². The molecule has 29 heavy (non-hydrogen) atoms. The van der Waals surface area contributed by atoms with E-state index in [2.05, 4.69) is 36.5 Å². The maximum absolute atomic E-state index is 12.0. The molecule has 0 aromatic heterocycles. The number of carbonyl (C=O) groups excluding carboxylic acids is 3. The average Bonchev–Trinajstić information content (AvgIpc) is 2.67. The maximum atomic E-state index is 12.0. The highest BCUT2D eigenvalue weighted by atomic mass is 17.3. The van der Waals surface area contributed by atoms with Crippen molar-refractivity contribution in [3.05, 3.63) is 36.5 Å². The number of hydrogen-bond donors (Lipinski definition) is 3. The van der Waals surface area contributed by atoms with Crippen LogP contribution in [0.5, 0.6) is 0 Å². The third-order valence-electron chi connectivity index (χ3n) is 3.12. The minimum absolute atomic E-state index is 0.111. The van der Waals surface area contributed by atoms with Gasteiger partial charge in [-0.3, -0.25) is 4.89 Å². The van der Waals surface area contributed by atoms with Crippen LogP contribution in [0.2, 0.25) is 0 Å². The van der Waals surface area contributed by atoms with E-state index in [0.29, 0.717) is 0 Å². The Bertz CT molecular complexity index is 712. The van der Waals surface area contributed by atoms with Crippen molar-refractivity contribution >= 4 is 17.9 Å². The van der Waals surface area contributed by atoms with E-state index >= 15 is 0 Å². The van der Waals surface area contributed by atoms with Crippen molar-refractivity contribution < 1.29 is 49.0 Å². The molecule has 0 amide bonds. The summed E-state index contributed by atoms with van der Waals surface area (Å²) in [5.74, 6) is -2.10. The van der Waals surface area contributed by atoms with Gasteiger partial charge in [0, 0.05) is 22.6 Å². The molecule has 0 aliphatic heterocycles. The summed E-state index contributed by atoms with van der Waals surface area (Å²) >= 11 is 0. The summed E-state index contributed by atoms with van der Waals surface area (Å²) in [4.78, 5) is 44.9. The average molecular weight is 412 g/mol. The molecular weight excluding hydrogens is 388 g/mol. The first-order valence-electron chi connectivity index (χ1n) is 8.07. The maximum Gasteiger partial charge on any atom is 0.484 e. The zero-order valence-corrected chi connectivity index (χ0v) is 16.4. The first-order valence-corrected chi connectivity index (χ1v) is 8.07. The van der Waals surface area contributed by atoms with Crippen LogP contribution in [0, 0.1) is 17.3 Å². The predicted molar refractivity (Wildman–Crippen MR) is 98.0 cm³/mol. The Kier molecular flexibility index (Phi) is 9.99. The molecule has 10 nitrogen and oxygen atoms in total. The summed E-state index contributed by atoms with van der Waals surface area (Å²) < 4.78 is 9.82.